The van der Waals surface area contributed by atoms with Crippen LogP contribution in [0.4, 0.5) is 11.4 Å². The van der Waals surface area contributed by atoms with Gasteiger partial charge >= 0.3 is 0 Å². The molecule has 30 heavy (non-hydrogen) atoms. The number of aliphatic hydroxyl groups excluding tert-OH is 1. The molecule has 1 fully saturated rings. The number of rotatable bonds is 7. The smallest absolute Gasteiger partial charge is 0.227 e. The fourth-order valence-electron chi connectivity index (χ4n) is 4.46. The van der Waals surface area contributed by atoms with E-state index >= 15 is 0 Å². The third-order valence-electron chi connectivity index (χ3n) is 6.21. The molecule has 4 rings (SSSR count). The van der Waals surface area contributed by atoms with Gasteiger partial charge in [0.15, 0.2) is 0 Å². The molecule has 2 aliphatic heterocycles. The van der Waals surface area contributed by atoms with Gasteiger partial charge in [-0.1, -0.05) is 36.4 Å². The van der Waals surface area contributed by atoms with Crippen molar-refractivity contribution in [3.05, 3.63) is 72.3 Å². The average molecular weight is 406 g/mol. The quantitative estimate of drug-likeness (QED) is 0.718. The van der Waals surface area contributed by atoms with Gasteiger partial charge in [0, 0.05) is 57.1 Å². The van der Waals surface area contributed by atoms with Crippen molar-refractivity contribution in [2.75, 3.05) is 49.1 Å². The predicted molar refractivity (Wildman–Crippen MR) is 122 cm³/mol. The fourth-order valence-corrected chi connectivity index (χ4v) is 4.46. The zero-order chi connectivity index (χ0) is 20.9. The summed E-state index contributed by atoms with van der Waals surface area (Å²) in [7, 11) is 0. The molecule has 0 bridgehead atoms. The van der Waals surface area contributed by atoms with E-state index in [-0.39, 0.29) is 5.91 Å². The fraction of sp³-hybridized carbons (Fsp3) is 0.400. The van der Waals surface area contributed by atoms with Gasteiger partial charge in [0.25, 0.3) is 0 Å². The predicted octanol–water partition coefficient (Wildman–Crippen LogP) is 3.40. The summed E-state index contributed by atoms with van der Waals surface area (Å²) < 4.78 is 0. The van der Waals surface area contributed by atoms with Gasteiger partial charge in [-0.25, -0.2) is 0 Å². The average Bonchev–Trinajstić information content (AvgIpc) is 2.80. The Kier molecular flexibility index (Phi) is 6.50. The van der Waals surface area contributed by atoms with E-state index < -0.39 is 6.10 Å². The number of amides is 1. The van der Waals surface area contributed by atoms with E-state index in [4.69, 9.17) is 0 Å². The molecule has 1 amide bonds. The first-order valence-corrected chi connectivity index (χ1v) is 10.9. The first kappa shape index (κ1) is 20.6. The van der Waals surface area contributed by atoms with Gasteiger partial charge in [0.2, 0.25) is 5.91 Å². The number of fused-ring (bicyclic) bond motifs is 1. The van der Waals surface area contributed by atoms with Crippen LogP contribution in [0.3, 0.4) is 0 Å². The Morgan fingerprint density at radius 1 is 1.03 bits per heavy atom. The second-order valence-corrected chi connectivity index (χ2v) is 8.15. The highest BCUT2D eigenvalue weighted by Crippen LogP contribution is 2.31. The Morgan fingerprint density at radius 3 is 2.53 bits per heavy atom. The van der Waals surface area contributed by atoms with Crippen molar-refractivity contribution in [2.24, 2.45) is 0 Å². The minimum absolute atomic E-state index is 0.144. The highest BCUT2D eigenvalue weighted by atomic mass is 16.3. The Morgan fingerprint density at radius 2 is 1.80 bits per heavy atom. The summed E-state index contributed by atoms with van der Waals surface area (Å²) >= 11 is 0. The van der Waals surface area contributed by atoms with Gasteiger partial charge in [0.1, 0.15) is 0 Å². The molecule has 2 aromatic rings. The van der Waals surface area contributed by atoms with Gasteiger partial charge in [0.05, 0.1) is 6.10 Å². The largest absolute Gasteiger partial charge is 0.388 e. The number of benzene rings is 2. The van der Waals surface area contributed by atoms with Crippen molar-refractivity contribution in [1.82, 2.24) is 4.90 Å². The van der Waals surface area contributed by atoms with E-state index in [1.165, 1.54) is 5.69 Å². The topological polar surface area (TPSA) is 47.0 Å². The number of carbonyl (C=O) groups is 1. The minimum Gasteiger partial charge on any atom is -0.388 e. The van der Waals surface area contributed by atoms with Crippen molar-refractivity contribution >= 4 is 17.3 Å². The molecule has 1 saturated heterocycles. The number of nitrogens with zero attached hydrogens (tertiary/aromatic N) is 3. The standard InChI is InChI=1S/C25H31N3O2/c1-2-13-28-23-10-8-21(19-20(23)9-11-25(28)30)24(29)12-14-26-15-17-27(18-16-26)22-6-4-3-5-7-22/h2-8,10,19,24,29H,1,9,11-18H2. The van der Waals surface area contributed by atoms with Gasteiger partial charge in [-0.3, -0.25) is 9.69 Å². The summed E-state index contributed by atoms with van der Waals surface area (Å²) in [5.41, 5.74) is 4.34. The number of hydrogen-bond donors (Lipinski definition) is 1. The van der Waals surface area contributed by atoms with Crippen LogP contribution >= 0.6 is 0 Å². The van der Waals surface area contributed by atoms with Gasteiger partial charge in [-0.15, -0.1) is 6.58 Å². The second kappa shape index (κ2) is 9.45. The van der Waals surface area contributed by atoms with Crippen LogP contribution in [-0.2, 0) is 11.2 Å². The number of aliphatic hydroxyl groups is 1. The van der Waals surface area contributed by atoms with Crippen molar-refractivity contribution in [3.8, 4) is 0 Å². The molecule has 0 aliphatic carbocycles. The SMILES string of the molecule is C=CCN1C(=O)CCc2cc(C(O)CCN3CCN(c4ccccc4)CC3)ccc21. The van der Waals surface area contributed by atoms with E-state index in [0.717, 1.165) is 62.4 Å². The third-order valence-corrected chi connectivity index (χ3v) is 6.21. The zero-order valence-corrected chi connectivity index (χ0v) is 17.5. The lowest BCUT2D eigenvalue weighted by molar-refractivity contribution is -0.118. The van der Waals surface area contributed by atoms with Crippen molar-refractivity contribution in [3.63, 3.8) is 0 Å². The highest BCUT2D eigenvalue weighted by molar-refractivity contribution is 5.96. The van der Waals surface area contributed by atoms with Crippen molar-refractivity contribution in [2.45, 2.75) is 25.4 Å². The summed E-state index contributed by atoms with van der Waals surface area (Å²) in [6.45, 7) is 9.25. The van der Waals surface area contributed by atoms with Crippen LogP contribution in [0, 0.1) is 0 Å². The first-order chi connectivity index (χ1) is 14.7. The molecule has 5 heteroatoms. The lowest BCUT2D eigenvalue weighted by atomic mass is 9.96. The van der Waals surface area contributed by atoms with E-state index in [1.807, 2.05) is 12.1 Å². The highest BCUT2D eigenvalue weighted by Gasteiger charge is 2.24. The number of carbonyl (C=O) groups excluding carboxylic acids is 1. The van der Waals surface area contributed by atoms with Crippen molar-refractivity contribution in [1.29, 1.82) is 0 Å². The number of hydrogen-bond acceptors (Lipinski definition) is 4. The molecule has 0 spiro atoms. The van der Waals surface area contributed by atoms with Crippen LogP contribution in [-0.4, -0.2) is 55.2 Å². The normalized spacial score (nSPS) is 18.2. The summed E-state index contributed by atoms with van der Waals surface area (Å²) in [6.07, 6.45) is 3.26. The Bertz CT molecular complexity index is 875. The molecule has 1 atom stereocenters. The molecule has 158 valence electrons. The van der Waals surface area contributed by atoms with E-state index in [9.17, 15) is 9.90 Å². The molecule has 1 unspecified atom stereocenters. The molecule has 0 aromatic heterocycles. The molecule has 2 heterocycles. The minimum atomic E-state index is -0.479. The molecule has 5 nitrogen and oxygen atoms in total. The molecule has 2 aromatic carbocycles. The van der Waals surface area contributed by atoms with Gasteiger partial charge < -0.3 is 14.9 Å². The summed E-state index contributed by atoms with van der Waals surface area (Å²) in [5, 5.41) is 10.8. The summed E-state index contributed by atoms with van der Waals surface area (Å²) in [4.78, 5) is 18.8. The van der Waals surface area contributed by atoms with Crippen LogP contribution in [0.5, 0.6) is 0 Å². The maximum Gasteiger partial charge on any atom is 0.227 e. The van der Waals surface area contributed by atoms with E-state index in [0.29, 0.717) is 13.0 Å². The number of anilines is 2. The van der Waals surface area contributed by atoms with Crippen molar-refractivity contribution < 1.29 is 9.90 Å². The first-order valence-electron chi connectivity index (χ1n) is 10.9. The van der Waals surface area contributed by atoms with Gasteiger partial charge in [-0.05, 0) is 42.2 Å². The Hall–Kier alpha value is -2.63. The van der Waals surface area contributed by atoms with E-state index in [2.05, 4.69) is 52.8 Å². The summed E-state index contributed by atoms with van der Waals surface area (Å²) in [5.74, 6) is 0.144. The number of para-hydroxylation sites is 1. The molecule has 0 saturated carbocycles. The van der Waals surface area contributed by atoms with Gasteiger partial charge in [-0.2, -0.15) is 0 Å². The molecule has 2 aliphatic rings. The van der Waals surface area contributed by atoms with Crippen LogP contribution in [0.15, 0.2) is 61.2 Å². The zero-order valence-electron chi connectivity index (χ0n) is 17.5. The maximum atomic E-state index is 12.2. The molecular formula is C25H31N3O2. The van der Waals surface area contributed by atoms with E-state index in [1.54, 1.807) is 11.0 Å². The third kappa shape index (κ3) is 4.58. The molecule has 1 N–H and O–H groups in total. The summed E-state index contributed by atoms with van der Waals surface area (Å²) in [6, 6.07) is 16.6. The molecule has 0 radical (unpaired) electrons. The lowest BCUT2D eigenvalue weighted by Gasteiger charge is -2.36. The van der Waals surface area contributed by atoms with Crippen LogP contribution in [0.2, 0.25) is 0 Å². The Balaban J connectivity index is 1.31. The lowest BCUT2D eigenvalue weighted by Crippen LogP contribution is -2.46. The Labute approximate surface area is 179 Å². The maximum absolute atomic E-state index is 12.2. The number of piperazine rings is 1. The monoisotopic (exact) mass is 405 g/mol. The second-order valence-electron chi connectivity index (χ2n) is 8.15. The van der Waals surface area contributed by atoms with Crippen LogP contribution in [0.1, 0.15) is 30.1 Å². The number of aryl methyl sites for hydroxylation is 1. The van der Waals surface area contributed by atoms with Crippen LogP contribution in [0.25, 0.3) is 0 Å². The molecular weight excluding hydrogens is 374 g/mol. The van der Waals surface area contributed by atoms with Crippen LogP contribution < -0.4 is 9.80 Å².